The van der Waals surface area contributed by atoms with E-state index in [1.807, 2.05) is 25.3 Å². The van der Waals surface area contributed by atoms with Gasteiger partial charge >= 0.3 is 6.09 Å². The molecule has 1 saturated heterocycles. The van der Waals surface area contributed by atoms with Gasteiger partial charge in [-0.15, -0.1) is 0 Å². The van der Waals surface area contributed by atoms with Crippen molar-refractivity contribution in [2.24, 2.45) is 0 Å². The Morgan fingerprint density at radius 2 is 1.91 bits per heavy atom. The minimum atomic E-state index is -2.63. The third-order valence-corrected chi connectivity index (χ3v) is 5.85. The maximum absolute atomic E-state index is 13.6. The molecular weight excluding hydrogens is 461 g/mol. The van der Waals surface area contributed by atoms with E-state index < -0.39 is 28.9 Å². The van der Waals surface area contributed by atoms with Crippen molar-refractivity contribution >= 4 is 17.2 Å². The lowest BCUT2D eigenvalue weighted by Gasteiger charge is -2.38. The van der Waals surface area contributed by atoms with Gasteiger partial charge in [0.05, 0.1) is 23.4 Å². The average Bonchev–Trinajstić information content (AvgIpc) is 3.23. The number of amides is 1. The molecule has 34 heavy (non-hydrogen) atoms. The van der Waals surface area contributed by atoms with E-state index in [1.165, 1.54) is 18.3 Å². The molecule has 4 rings (SSSR count). The van der Waals surface area contributed by atoms with Crippen LogP contribution in [-0.2, 0) is 15.8 Å². The molecule has 2 unspecified atom stereocenters. The normalized spacial score (nSPS) is 17.4. The number of piperidine rings is 1. The molecule has 180 valence electrons. The molecular formula is C23H25FN5O4S-. The number of carbonyl (C=O) groups excluding carboxylic acids is 1. The van der Waals surface area contributed by atoms with Crippen molar-refractivity contribution < 1.29 is 22.7 Å². The molecule has 1 aliphatic heterocycles. The predicted molar refractivity (Wildman–Crippen MR) is 122 cm³/mol. The van der Waals surface area contributed by atoms with Gasteiger partial charge < -0.3 is 13.9 Å². The van der Waals surface area contributed by atoms with Gasteiger partial charge in [0.15, 0.2) is 0 Å². The summed E-state index contributed by atoms with van der Waals surface area (Å²) in [6.45, 7) is 5.93. The largest absolute Gasteiger partial charge is 0.766 e. The Balaban J connectivity index is 1.85. The zero-order chi connectivity index (χ0) is 24.5. The first kappa shape index (κ1) is 24.0. The number of nitrogens with zero attached hydrogens (tertiary/aromatic N) is 5. The third kappa shape index (κ3) is 5.15. The highest BCUT2D eigenvalue weighted by atomic mass is 32.2. The highest BCUT2D eigenvalue weighted by Gasteiger charge is 2.34. The molecule has 1 amide bonds. The number of benzene rings is 1. The van der Waals surface area contributed by atoms with E-state index >= 15 is 0 Å². The highest BCUT2D eigenvalue weighted by Crippen LogP contribution is 2.37. The molecule has 3 aromatic rings. The van der Waals surface area contributed by atoms with Crippen molar-refractivity contribution in [1.29, 1.82) is 0 Å². The molecule has 1 aromatic carbocycles. The zero-order valence-electron chi connectivity index (χ0n) is 19.1. The van der Waals surface area contributed by atoms with Crippen molar-refractivity contribution in [3.05, 3.63) is 48.7 Å². The fourth-order valence-electron chi connectivity index (χ4n) is 3.95. The van der Waals surface area contributed by atoms with Crippen LogP contribution in [0.15, 0.2) is 48.0 Å². The molecule has 11 heteroatoms. The molecule has 9 nitrogen and oxygen atoms in total. The van der Waals surface area contributed by atoms with Crippen molar-refractivity contribution in [1.82, 2.24) is 24.4 Å². The molecule has 2 atom stereocenters. The van der Waals surface area contributed by atoms with Gasteiger partial charge in [0.25, 0.3) is 0 Å². The standard InChI is InChI=1S/C23H26FN5O4S/c1-23(2,3)33-22(30)28-13-5-4-6-18(28)29-14-26-19(15-7-9-16(24)10-8-15)20(29)17-11-12-25-21(27-17)34(31)32/h7-12,14,18H,4-6,13H2,1-3H3,(H,31,32)/p-1. The molecule has 1 aliphatic rings. The van der Waals surface area contributed by atoms with Crippen molar-refractivity contribution in [3.8, 4) is 22.6 Å². The number of aromatic nitrogens is 4. The van der Waals surface area contributed by atoms with Gasteiger partial charge in [-0.1, -0.05) is 0 Å². The van der Waals surface area contributed by atoms with E-state index in [4.69, 9.17) is 4.74 Å². The van der Waals surface area contributed by atoms with Crippen LogP contribution in [0.3, 0.4) is 0 Å². The fraction of sp³-hybridized carbons (Fsp3) is 0.391. The van der Waals surface area contributed by atoms with Crippen LogP contribution in [0.5, 0.6) is 0 Å². The van der Waals surface area contributed by atoms with E-state index in [2.05, 4.69) is 15.0 Å². The maximum Gasteiger partial charge on any atom is 0.411 e. The maximum atomic E-state index is 13.6. The number of halogens is 1. The second-order valence-corrected chi connectivity index (χ2v) is 9.80. The average molecular weight is 487 g/mol. The zero-order valence-corrected chi connectivity index (χ0v) is 19.9. The SMILES string of the molecule is CC(C)(C)OC(=O)N1CCCCC1n1cnc(-c2ccc(F)cc2)c1-c1ccnc(S(=O)[O-])n1. The molecule has 0 saturated carbocycles. The summed E-state index contributed by atoms with van der Waals surface area (Å²) in [6.07, 6.45) is 4.45. The Morgan fingerprint density at radius 3 is 2.59 bits per heavy atom. The summed E-state index contributed by atoms with van der Waals surface area (Å²) in [5.74, 6) is -0.390. The highest BCUT2D eigenvalue weighted by molar-refractivity contribution is 7.78. The molecule has 2 aromatic heterocycles. The first-order chi connectivity index (χ1) is 16.1. The quantitative estimate of drug-likeness (QED) is 0.399. The number of imidazole rings is 1. The van der Waals surface area contributed by atoms with E-state index in [0.29, 0.717) is 35.6 Å². The lowest BCUT2D eigenvalue weighted by atomic mass is 10.1. The van der Waals surface area contributed by atoms with E-state index in [9.17, 15) is 17.9 Å². The van der Waals surface area contributed by atoms with E-state index in [-0.39, 0.29) is 11.0 Å². The first-order valence-corrected chi connectivity index (χ1v) is 12.0. The number of hydrogen-bond acceptors (Lipinski definition) is 7. The summed E-state index contributed by atoms with van der Waals surface area (Å²) in [5, 5.41) is -0.358. The van der Waals surface area contributed by atoms with Gasteiger partial charge in [-0.3, -0.25) is 9.11 Å². The number of rotatable bonds is 4. The van der Waals surface area contributed by atoms with Crippen LogP contribution in [-0.4, -0.2) is 51.4 Å². The third-order valence-electron chi connectivity index (χ3n) is 5.36. The molecule has 0 radical (unpaired) electrons. The van der Waals surface area contributed by atoms with E-state index in [0.717, 1.165) is 12.8 Å². The van der Waals surface area contributed by atoms with Gasteiger partial charge in [0.1, 0.15) is 17.6 Å². The Kier molecular flexibility index (Phi) is 6.76. The summed E-state index contributed by atoms with van der Waals surface area (Å²) in [6, 6.07) is 7.41. The summed E-state index contributed by atoms with van der Waals surface area (Å²) in [7, 11) is 0. The van der Waals surface area contributed by atoms with Crippen molar-refractivity contribution in [2.75, 3.05) is 6.54 Å². The molecule has 1 fully saturated rings. The Bertz CT molecular complexity index is 1210. The predicted octanol–water partition coefficient (Wildman–Crippen LogP) is 4.30. The first-order valence-electron chi connectivity index (χ1n) is 10.9. The summed E-state index contributed by atoms with van der Waals surface area (Å²) in [5.41, 5.74) is 1.27. The Labute approximate surface area is 199 Å². The molecule has 0 N–H and O–H groups in total. The number of likely N-dealkylation sites (tertiary alicyclic amines) is 1. The Morgan fingerprint density at radius 1 is 1.18 bits per heavy atom. The van der Waals surface area contributed by atoms with Crippen molar-refractivity contribution in [2.45, 2.75) is 57.0 Å². The van der Waals surface area contributed by atoms with Gasteiger partial charge in [-0.25, -0.2) is 24.1 Å². The van der Waals surface area contributed by atoms with Gasteiger partial charge in [-0.2, -0.15) is 0 Å². The summed E-state index contributed by atoms with van der Waals surface area (Å²) < 4.78 is 44.0. The van der Waals surface area contributed by atoms with Crippen LogP contribution in [0, 0.1) is 5.82 Å². The second-order valence-electron chi connectivity index (χ2n) is 8.97. The van der Waals surface area contributed by atoms with Crippen LogP contribution in [0.2, 0.25) is 0 Å². The molecule has 0 bridgehead atoms. The molecule has 0 spiro atoms. The van der Waals surface area contributed by atoms with Gasteiger partial charge in [0.2, 0.25) is 5.16 Å². The van der Waals surface area contributed by atoms with Crippen LogP contribution in [0.4, 0.5) is 9.18 Å². The van der Waals surface area contributed by atoms with Crippen LogP contribution >= 0.6 is 0 Å². The van der Waals surface area contributed by atoms with Crippen LogP contribution < -0.4 is 0 Å². The van der Waals surface area contributed by atoms with E-state index in [1.54, 1.807) is 29.4 Å². The fourth-order valence-corrected chi connectivity index (χ4v) is 4.27. The lowest BCUT2D eigenvalue weighted by Crippen LogP contribution is -2.44. The van der Waals surface area contributed by atoms with Gasteiger partial charge in [-0.05, 0) is 70.4 Å². The second kappa shape index (κ2) is 9.59. The smallest absolute Gasteiger partial charge is 0.411 e. The monoisotopic (exact) mass is 486 g/mol. The number of ether oxygens (including phenoxy) is 1. The van der Waals surface area contributed by atoms with Crippen LogP contribution in [0.1, 0.15) is 46.2 Å². The molecule has 3 heterocycles. The van der Waals surface area contributed by atoms with Crippen LogP contribution in [0.25, 0.3) is 22.6 Å². The minimum Gasteiger partial charge on any atom is -0.766 e. The minimum absolute atomic E-state index is 0.320. The molecule has 0 aliphatic carbocycles. The summed E-state index contributed by atoms with van der Waals surface area (Å²) in [4.78, 5) is 27.2. The topological polar surface area (TPSA) is 113 Å². The number of hydrogen-bond donors (Lipinski definition) is 0. The van der Waals surface area contributed by atoms with Crippen molar-refractivity contribution in [3.63, 3.8) is 0 Å². The Hall–Kier alpha value is -3.18. The summed E-state index contributed by atoms with van der Waals surface area (Å²) >= 11 is -2.63. The number of carbonyl (C=O) groups is 1. The lowest BCUT2D eigenvalue weighted by molar-refractivity contribution is -0.000905. The van der Waals surface area contributed by atoms with Gasteiger partial charge in [0, 0.05) is 29.4 Å².